The van der Waals surface area contributed by atoms with E-state index in [1.165, 1.54) is 6.07 Å². The molecule has 1 aromatic heterocycles. The van der Waals surface area contributed by atoms with Crippen LogP contribution in [0.2, 0.25) is 0 Å². The molecule has 3 aromatic rings. The van der Waals surface area contributed by atoms with Crippen molar-refractivity contribution in [3.63, 3.8) is 0 Å². The van der Waals surface area contributed by atoms with E-state index in [1.54, 1.807) is 12.1 Å². The lowest BCUT2D eigenvalue weighted by molar-refractivity contribution is 0.625. The smallest absolute Gasteiger partial charge is 0.123 e. The van der Waals surface area contributed by atoms with Crippen LogP contribution in [0.4, 0.5) is 10.1 Å². The summed E-state index contributed by atoms with van der Waals surface area (Å²) in [5.41, 5.74) is 4.99. The molecule has 102 valence electrons. The minimum Gasteiger partial charge on any atom is -0.381 e. The molecule has 0 unspecified atom stereocenters. The second-order valence-electron chi connectivity index (χ2n) is 4.98. The molecule has 0 aliphatic rings. The Bertz CT molecular complexity index is 762. The first kappa shape index (κ1) is 12.7. The SMILES string of the molecule is Cc1nc2ccc(NCc3cc(F)ccc3C)cc2[nH]1. The number of benzene rings is 2. The second kappa shape index (κ2) is 4.96. The van der Waals surface area contributed by atoms with Gasteiger partial charge in [-0.05, 0) is 55.3 Å². The maximum Gasteiger partial charge on any atom is 0.123 e. The van der Waals surface area contributed by atoms with Crippen LogP contribution in [0.15, 0.2) is 36.4 Å². The van der Waals surface area contributed by atoms with Gasteiger partial charge in [0, 0.05) is 12.2 Å². The zero-order valence-corrected chi connectivity index (χ0v) is 11.5. The molecule has 0 atom stereocenters. The van der Waals surface area contributed by atoms with E-state index in [0.29, 0.717) is 6.54 Å². The highest BCUT2D eigenvalue weighted by Gasteiger charge is 2.03. The maximum absolute atomic E-state index is 13.2. The number of aromatic nitrogens is 2. The average Bonchev–Trinajstić information content (AvgIpc) is 2.79. The molecule has 0 amide bonds. The molecular weight excluding hydrogens is 253 g/mol. The van der Waals surface area contributed by atoms with Crippen molar-refractivity contribution in [2.45, 2.75) is 20.4 Å². The molecule has 0 fully saturated rings. The van der Waals surface area contributed by atoms with Crippen LogP contribution in [-0.2, 0) is 6.54 Å². The number of hydrogen-bond donors (Lipinski definition) is 2. The summed E-state index contributed by atoms with van der Waals surface area (Å²) in [6.07, 6.45) is 0. The fourth-order valence-electron chi connectivity index (χ4n) is 2.27. The van der Waals surface area contributed by atoms with Gasteiger partial charge in [0.1, 0.15) is 11.6 Å². The average molecular weight is 269 g/mol. The number of aryl methyl sites for hydroxylation is 2. The molecule has 3 nitrogen and oxygen atoms in total. The third-order valence-corrected chi connectivity index (χ3v) is 3.39. The predicted molar refractivity (Wildman–Crippen MR) is 79.3 cm³/mol. The number of rotatable bonds is 3. The summed E-state index contributed by atoms with van der Waals surface area (Å²) in [4.78, 5) is 7.57. The molecule has 4 heteroatoms. The molecule has 0 aliphatic carbocycles. The fraction of sp³-hybridized carbons (Fsp3) is 0.188. The molecule has 0 radical (unpaired) electrons. The highest BCUT2D eigenvalue weighted by Crippen LogP contribution is 2.18. The van der Waals surface area contributed by atoms with Gasteiger partial charge < -0.3 is 10.3 Å². The summed E-state index contributed by atoms with van der Waals surface area (Å²) >= 11 is 0. The molecule has 20 heavy (non-hydrogen) atoms. The van der Waals surface area contributed by atoms with Crippen LogP contribution in [0.1, 0.15) is 17.0 Å². The first-order valence-corrected chi connectivity index (χ1v) is 6.57. The molecule has 2 N–H and O–H groups in total. The number of fused-ring (bicyclic) bond motifs is 1. The molecule has 0 aliphatic heterocycles. The topological polar surface area (TPSA) is 40.7 Å². The first-order chi connectivity index (χ1) is 9.61. The number of hydrogen-bond acceptors (Lipinski definition) is 2. The molecular formula is C16H16FN3. The highest BCUT2D eigenvalue weighted by atomic mass is 19.1. The largest absolute Gasteiger partial charge is 0.381 e. The predicted octanol–water partition coefficient (Wildman–Crippen LogP) is 3.93. The number of imidazole rings is 1. The quantitative estimate of drug-likeness (QED) is 0.756. The Morgan fingerprint density at radius 2 is 2.00 bits per heavy atom. The van der Waals surface area contributed by atoms with Crippen LogP contribution in [0.3, 0.4) is 0 Å². The van der Waals surface area contributed by atoms with Crippen molar-refractivity contribution in [1.29, 1.82) is 0 Å². The van der Waals surface area contributed by atoms with E-state index in [0.717, 1.165) is 33.7 Å². The van der Waals surface area contributed by atoms with Crippen molar-refractivity contribution < 1.29 is 4.39 Å². The van der Waals surface area contributed by atoms with Crippen LogP contribution in [0.5, 0.6) is 0 Å². The first-order valence-electron chi connectivity index (χ1n) is 6.57. The van der Waals surface area contributed by atoms with Gasteiger partial charge in [0.15, 0.2) is 0 Å². The van der Waals surface area contributed by atoms with Gasteiger partial charge in [0.2, 0.25) is 0 Å². The minimum atomic E-state index is -0.202. The number of aromatic amines is 1. The summed E-state index contributed by atoms with van der Waals surface area (Å²) in [6, 6.07) is 10.8. The van der Waals surface area contributed by atoms with Gasteiger partial charge in [-0.25, -0.2) is 9.37 Å². The van der Waals surface area contributed by atoms with Crippen molar-refractivity contribution in [2.75, 3.05) is 5.32 Å². The lowest BCUT2D eigenvalue weighted by Crippen LogP contribution is -2.01. The molecule has 3 rings (SSSR count). The Morgan fingerprint density at radius 1 is 1.15 bits per heavy atom. The Morgan fingerprint density at radius 3 is 2.85 bits per heavy atom. The third-order valence-electron chi connectivity index (χ3n) is 3.39. The van der Waals surface area contributed by atoms with Crippen molar-refractivity contribution in [1.82, 2.24) is 9.97 Å². The zero-order valence-electron chi connectivity index (χ0n) is 11.5. The van der Waals surface area contributed by atoms with E-state index in [1.807, 2.05) is 32.0 Å². The number of halogens is 1. The molecule has 0 saturated carbocycles. The monoisotopic (exact) mass is 269 g/mol. The van der Waals surface area contributed by atoms with E-state index >= 15 is 0 Å². The second-order valence-corrected chi connectivity index (χ2v) is 4.98. The molecule has 0 spiro atoms. The standard InChI is InChI=1S/C16H16FN3/c1-10-3-4-13(17)7-12(10)9-18-14-5-6-15-16(8-14)20-11(2)19-15/h3-8,18H,9H2,1-2H3,(H,19,20). The minimum absolute atomic E-state index is 0.202. The van der Waals surface area contributed by atoms with E-state index in [9.17, 15) is 4.39 Å². The van der Waals surface area contributed by atoms with E-state index < -0.39 is 0 Å². The van der Waals surface area contributed by atoms with Crippen molar-refractivity contribution >= 4 is 16.7 Å². The van der Waals surface area contributed by atoms with Crippen LogP contribution in [0, 0.1) is 19.7 Å². The molecule has 2 aromatic carbocycles. The van der Waals surface area contributed by atoms with Crippen LogP contribution in [-0.4, -0.2) is 9.97 Å². The maximum atomic E-state index is 13.2. The Balaban J connectivity index is 1.80. The van der Waals surface area contributed by atoms with Crippen molar-refractivity contribution in [3.8, 4) is 0 Å². The zero-order chi connectivity index (χ0) is 14.1. The van der Waals surface area contributed by atoms with Gasteiger partial charge in [-0.2, -0.15) is 0 Å². The summed E-state index contributed by atoms with van der Waals surface area (Å²) in [5.74, 6) is 0.699. The van der Waals surface area contributed by atoms with Gasteiger partial charge in [-0.1, -0.05) is 6.07 Å². The highest BCUT2D eigenvalue weighted by molar-refractivity contribution is 5.79. The molecule has 1 heterocycles. The normalized spacial score (nSPS) is 10.9. The van der Waals surface area contributed by atoms with E-state index in [2.05, 4.69) is 15.3 Å². The van der Waals surface area contributed by atoms with Crippen molar-refractivity contribution in [3.05, 3.63) is 59.2 Å². The summed E-state index contributed by atoms with van der Waals surface area (Å²) in [5, 5.41) is 3.32. The van der Waals surface area contributed by atoms with Gasteiger partial charge in [0.05, 0.1) is 11.0 Å². The number of nitrogens with zero attached hydrogens (tertiary/aromatic N) is 1. The summed E-state index contributed by atoms with van der Waals surface area (Å²) in [7, 11) is 0. The third kappa shape index (κ3) is 2.50. The van der Waals surface area contributed by atoms with Gasteiger partial charge in [-0.3, -0.25) is 0 Å². The van der Waals surface area contributed by atoms with Crippen LogP contribution >= 0.6 is 0 Å². The van der Waals surface area contributed by atoms with Gasteiger partial charge in [-0.15, -0.1) is 0 Å². The van der Waals surface area contributed by atoms with Gasteiger partial charge >= 0.3 is 0 Å². The molecule has 0 bridgehead atoms. The Kier molecular flexibility index (Phi) is 3.14. The Labute approximate surface area is 116 Å². The number of H-pyrrole nitrogens is 1. The van der Waals surface area contributed by atoms with E-state index in [-0.39, 0.29) is 5.82 Å². The lowest BCUT2D eigenvalue weighted by atomic mass is 10.1. The Hall–Kier alpha value is -2.36. The summed E-state index contributed by atoms with van der Waals surface area (Å²) in [6.45, 7) is 4.52. The summed E-state index contributed by atoms with van der Waals surface area (Å²) < 4.78 is 13.2. The van der Waals surface area contributed by atoms with Crippen molar-refractivity contribution in [2.24, 2.45) is 0 Å². The van der Waals surface area contributed by atoms with E-state index in [4.69, 9.17) is 0 Å². The number of nitrogens with one attached hydrogen (secondary N) is 2. The van der Waals surface area contributed by atoms with Gasteiger partial charge in [0.25, 0.3) is 0 Å². The number of anilines is 1. The van der Waals surface area contributed by atoms with Crippen LogP contribution in [0.25, 0.3) is 11.0 Å². The van der Waals surface area contributed by atoms with Crippen LogP contribution < -0.4 is 5.32 Å². The fourth-order valence-corrected chi connectivity index (χ4v) is 2.27. The molecule has 0 saturated heterocycles. The lowest BCUT2D eigenvalue weighted by Gasteiger charge is -2.09.